The molecule has 2 aromatic rings. The number of benzene rings is 2. The third kappa shape index (κ3) is 5.07. The highest BCUT2D eigenvalue weighted by Crippen LogP contribution is 2.41. The van der Waals surface area contributed by atoms with Crippen LogP contribution in [0, 0.1) is 11.8 Å². The number of carbonyl (C=O) groups excluding carboxylic acids is 3. The minimum atomic E-state index is -4.43. The second-order valence-electron chi connectivity index (χ2n) is 9.89. The second kappa shape index (κ2) is 9.62. The Morgan fingerprint density at radius 1 is 1.16 bits per heavy atom. The van der Waals surface area contributed by atoms with Gasteiger partial charge < -0.3 is 10.6 Å². The van der Waals surface area contributed by atoms with E-state index in [4.69, 9.17) is 0 Å². The molecule has 0 fully saturated rings. The molecule has 38 heavy (non-hydrogen) atoms. The van der Waals surface area contributed by atoms with Gasteiger partial charge in [-0.15, -0.1) is 4.40 Å². The minimum absolute atomic E-state index is 0.00684. The Bertz CT molecular complexity index is 1600. The van der Waals surface area contributed by atoms with E-state index in [0.29, 0.717) is 12.0 Å². The fourth-order valence-corrected chi connectivity index (χ4v) is 6.54. The van der Waals surface area contributed by atoms with Gasteiger partial charge in [0.25, 0.3) is 10.0 Å². The maximum atomic E-state index is 14.2. The maximum absolute atomic E-state index is 14.2. The summed E-state index contributed by atoms with van der Waals surface area (Å²) in [5.74, 6) is -3.64. The lowest BCUT2D eigenvalue weighted by Crippen LogP contribution is -2.60. The van der Waals surface area contributed by atoms with E-state index in [9.17, 15) is 31.2 Å². The van der Waals surface area contributed by atoms with Crippen LogP contribution in [0.25, 0.3) is 0 Å². The molecule has 1 heterocycles. The number of Topliss-reactive ketones (excluding diaryl/α,β-unsaturated/α-hetero) is 2. The number of carbonyl (C=O) groups is 3. The molecule has 11 nitrogen and oxygen atoms in total. The van der Waals surface area contributed by atoms with Crippen LogP contribution < -0.4 is 15.4 Å². The van der Waals surface area contributed by atoms with Gasteiger partial charge in [0, 0.05) is 18.2 Å². The normalized spacial score (nSPS) is 22.1. The SMILES string of the molecule is CC(=O)NC1(CCC(C)C)C(=O)C(C2=NS(=O)(=O)c3cc(NS(C)(=O)=O)ccc3N2)C(=O)c2ccccc21. The van der Waals surface area contributed by atoms with E-state index in [0.717, 1.165) is 12.3 Å². The van der Waals surface area contributed by atoms with Crippen molar-refractivity contribution >= 4 is 54.7 Å². The van der Waals surface area contributed by atoms with Crippen molar-refractivity contribution in [3.05, 3.63) is 53.6 Å². The van der Waals surface area contributed by atoms with Crippen molar-refractivity contribution in [1.29, 1.82) is 0 Å². The average molecular weight is 561 g/mol. The number of amidine groups is 1. The molecule has 1 aliphatic heterocycles. The Morgan fingerprint density at radius 2 is 1.84 bits per heavy atom. The first-order valence-corrected chi connectivity index (χ1v) is 15.2. The van der Waals surface area contributed by atoms with Crippen LogP contribution in [0.1, 0.15) is 49.5 Å². The highest BCUT2D eigenvalue weighted by Gasteiger charge is 2.54. The van der Waals surface area contributed by atoms with Gasteiger partial charge >= 0.3 is 0 Å². The largest absolute Gasteiger partial charge is 0.341 e. The topological polar surface area (TPSA) is 168 Å². The summed E-state index contributed by atoms with van der Waals surface area (Å²) in [6.45, 7) is 5.20. The fraction of sp³-hybridized carbons (Fsp3) is 0.360. The molecule has 13 heteroatoms. The van der Waals surface area contributed by atoms with Crippen molar-refractivity contribution < 1.29 is 31.2 Å². The number of hydrogen-bond donors (Lipinski definition) is 3. The van der Waals surface area contributed by atoms with Crippen LogP contribution in [0.4, 0.5) is 11.4 Å². The standard InChI is InChI=1S/C25H28N4O7S2/c1-14(2)11-12-25(27-15(3)30)18-8-6-5-7-17(18)22(31)21(23(25)32)24-26-19-10-9-16(28-37(4,33)34)13-20(19)38(35,36)29-24/h5-10,13-14,21,28H,11-12H2,1-4H3,(H,26,29)(H,27,30). The Morgan fingerprint density at radius 3 is 2.47 bits per heavy atom. The van der Waals surface area contributed by atoms with Crippen LogP contribution in [0.2, 0.25) is 0 Å². The quantitative estimate of drug-likeness (QED) is 0.434. The molecule has 202 valence electrons. The van der Waals surface area contributed by atoms with Crippen molar-refractivity contribution in [2.45, 2.75) is 44.0 Å². The number of fused-ring (bicyclic) bond motifs is 2. The van der Waals surface area contributed by atoms with Gasteiger partial charge in [0.15, 0.2) is 11.6 Å². The first kappa shape index (κ1) is 27.5. The molecular weight excluding hydrogens is 532 g/mol. The third-order valence-electron chi connectivity index (χ3n) is 6.40. The first-order chi connectivity index (χ1) is 17.6. The lowest BCUT2D eigenvalue weighted by molar-refractivity contribution is -0.133. The van der Waals surface area contributed by atoms with E-state index in [-0.39, 0.29) is 40.0 Å². The number of hydrogen-bond acceptors (Lipinski definition) is 8. The van der Waals surface area contributed by atoms with Gasteiger partial charge in [0.05, 0.1) is 11.9 Å². The van der Waals surface area contributed by atoms with Gasteiger partial charge in [0.2, 0.25) is 15.9 Å². The molecule has 2 unspecified atom stereocenters. The van der Waals surface area contributed by atoms with Crippen molar-refractivity contribution in [2.75, 3.05) is 16.3 Å². The van der Waals surface area contributed by atoms with E-state index in [1.165, 1.54) is 25.1 Å². The van der Waals surface area contributed by atoms with Gasteiger partial charge in [0.1, 0.15) is 22.2 Å². The summed E-state index contributed by atoms with van der Waals surface area (Å²) in [4.78, 5) is 39.8. The predicted octanol–water partition coefficient (Wildman–Crippen LogP) is 2.42. The average Bonchev–Trinajstić information content (AvgIpc) is 2.80. The molecule has 0 radical (unpaired) electrons. The highest BCUT2D eigenvalue weighted by atomic mass is 32.2. The van der Waals surface area contributed by atoms with Crippen molar-refractivity contribution in [1.82, 2.24) is 5.32 Å². The van der Waals surface area contributed by atoms with Crippen LogP contribution in [-0.4, -0.2) is 46.4 Å². The maximum Gasteiger partial charge on any atom is 0.286 e. The Balaban J connectivity index is 1.85. The smallest absolute Gasteiger partial charge is 0.286 e. The highest BCUT2D eigenvalue weighted by molar-refractivity contribution is 7.92. The van der Waals surface area contributed by atoms with Gasteiger partial charge in [-0.3, -0.25) is 19.1 Å². The summed E-state index contributed by atoms with van der Waals surface area (Å²) in [6, 6.07) is 10.2. The Kier molecular flexibility index (Phi) is 6.95. The van der Waals surface area contributed by atoms with Crippen LogP contribution in [0.3, 0.4) is 0 Å². The van der Waals surface area contributed by atoms with E-state index in [1.807, 2.05) is 13.8 Å². The Hall–Kier alpha value is -3.58. The number of ketones is 2. The van der Waals surface area contributed by atoms with Gasteiger partial charge in [-0.2, -0.15) is 8.42 Å². The van der Waals surface area contributed by atoms with Crippen molar-refractivity contribution in [3.8, 4) is 0 Å². The lowest BCUT2D eigenvalue weighted by Gasteiger charge is -2.41. The van der Waals surface area contributed by atoms with Crippen molar-refractivity contribution in [2.24, 2.45) is 16.2 Å². The fourth-order valence-electron chi connectivity index (χ4n) is 4.81. The third-order valence-corrected chi connectivity index (χ3v) is 8.34. The summed E-state index contributed by atoms with van der Waals surface area (Å²) in [5.41, 5.74) is -0.982. The number of sulfonamides is 2. The van der Waals surface area contributed by atoms with Crippen LogP contribution in [0.15, 0.2) is 51.8 Å². The lowest BCUT2D eigenvalue weighted by atomic mass is 9.67. The zero-order chi connectivity index (χ0) is 28.0. The zero-order valence-corrected chi connectivity index (χ0v) is 22.9. The van der Waals surface area contributed by atoms with E-state index >= 15 is 0 Å². The molecule has 3 N–H and O–H groups in total. The first-order valence-electron chi connectivity index (χ1n) is 11.8. The summed E-state index contributed by atoms with van der Waals surface area (Å²) in [7, 11) is -8.10. The Labute approximate surface area is 221 Å². The van der Waals surface area contributed by atoms with E-state index in [1.54, 1.807) is 18.2 Å². The van der Waals surface area contributed by atoms with Crippen LogP contribution >= 0.6 is 0 Å². The second-order valence-corrected chi connectivity index (χ2v) is 13.2. The molecule has 4 rings (SSSR count). The van der Waals surface area contributed by atoms with Crippen LogP contribution in [-0.2, 0) is 35.2 Å². The molecular formula is C25H28N4O7S2. The number of amides is 1. The number of nitrogens with zero attached hydrogens (tertiary/aromatic N) is 1. The number of anilines is 2. The van der Waals surface area contributed by atoms with Crippen molar-refractivity contribution in [3.63, 3.8) is 0 Å². The summed E-state index contributed by atoms with van der Waals surface area (Å²) in [6.07, 6.45) is 1.66. The van der Waals surface area contributed by atoms with E-state index < -0.39 is 49.0 Å². The molecule has 0 saturated carbocycles. The molecule has 1 aliphatic carbocycles. The molecule has 1 amide bonds. The summed E-state index contributed by atoms with van der Waals surface area (Å²) < 4.78 is 55.5. The zero-order valence-electron chi connectivity index (χ0n) is 21.2. The monoisotopic (exact) mass is 560 g/mol. The predicted molar refractivity (Wildman–Crippen MR) is 142 cm³/mol. The summed E-state index contributed by atoms with van der Waals surface area (Å²) >= 11 is 0. The molecule has 2 atom stereocenters. The van der Waals surface area contributed by atoms with Crippen LogP contribution in [0.5, 0.6) is 0 Å². The number of nitrogens with one attached hydrogen (secondary N) is 3. The van der Waals surface area contributed by atoms with Gasteiger partial charge in [-0.05, 0) is 42.5 Å². The number of rotatable bonds is 7. The molecule has 0 saturated heterocycles. The molecule has 2 aromatic carbocycles. The summed E-state index contributed by atoms with van der Waals surface area (Å²) in [5, 5.41) is 5.58. The van der Waals surface area contributed by atoms with Gasteiger partial charge in [-0.1, -0.05) is 38.1 Å². The molecule has 0 spiro atoms. The van der Waals surface area contributed by atoms with E-state index in [2.05, 4.69) is 19.8 Å². The minimum Gasteiger partial charge on any atom is -0.341 e. The van der Waals surface area contributed by atoms with Gasteiger partial charge in [-0.25, -0.2) is 8.42 Å². The molecule has 2 aliphatic rings. The molecule has 0 bridgehead atoms. The molecule has 0 aromatic heterocycles.